The van der Waals surface area contributed by atoms with E-state index in [1.807, 2.05) is 38.1 Å². The molecule has 0 aliphatic rings. The number of nitrogens with one attached hydrogen (secondary N) is 1. The second-order valence-corrected chi connectivity index (χ2v) is 4.43. The summed E-state index contributed by atoms with van der Waals surface area (Å²) in [6.07, 6.45) is 2.32. The van der Waals surface area contributed by atoms with Crippen molar-refractivity contribution in [2.24, 2.45) is 5.10 Å². The van der Waals surface area contributed by atoms with Gasteiger partial charge in [-0.2, -0.15) is 5.10 Å². The fraction of sp³-hybridized carbons (Fsp3) is 0.188. The van der Waals surface area contributed by atoms with Gasteiger partial charge in [0.1, 0.15) is 5.69 Å². The van der Waals surface area contributed by atoms with Gasteiger partial charge in [-0.3, -0.25) is 9.78 Å². The van der Waals surface area contributed by atoms with Crippen molar-refractivity contribution in [1.29, 1.82) is 0 Å². The molecule has 0 fully saturated rings. The van der Waals surface area contributed by atoms with Crippen LogP contribution in [-0.2, 0) is 0 Å². The first-order valence-electron chi connectivity index (χ1n) is 6.55. The van der Waals surface area contributed by atoms with Gasteiger partial charge in [0.05, 0.1) is 5.71 Å². The number of aromatic nitrogens is 1. The van der Waals surface area contributed by atoms with E-state index in [2.05, 4.69) is 15.5 Å². The van der Waals surface area contributed by atoms with Crippen molar-refractivity contribution in [3.05, 3.63) is 65.5 Å². The molecule has 102 valence electrons. The first-order valence-corrected chi connectivity index (χ1v) is 6.55. The first kappa shape index (κ1) is 13.9. The monoisotopic (exact) mass is 267 g/mol. The topological polar surface area (TPSA) is 54.4 Å². The van der Waals surface area contributed by atoms with Gasteiger partial charge in [0.2, 0.25) is 0 Å². The lowest BCUT2D eigenvalue weighted by molar-refractivity contribution is 0.0950. The molecule has 1 heterocycles. The Balaban J connectivity index is 2.12. The van der Waals surface area contributed by atoms with E-state index in [0.717, 1.165) is 17.7 Å². The van der Waals surface area contributed by atoms with E-state index >= 15 is 0 Å². The van der Waals surface area contributed by atoms with Crippen LogP contribution < -0.4 is 5.43 Å². The van der Waals surface area contributed by atoms with Crippen LogP contribution in [0.2, 0.25) is 0 Å². The van der Waals surface area contributed by atoms with Crippen LogP contribution in [0.25, 0.3) is 0 Å². The lowest BCUT2D eigenvalue weighted by atomic mass is 10.1. The van der Waals surface area contributed by atoms with Gasteiger partial charge in [-0.05, 0) is 31.0 Å². The summed E-state index contributed by atoms with van der Waals surface area (Å²) < 4.78 is 0. The van der Waals surface area contributed by atoms with E-state index in [-0.39, 0.29) is 5.91 Å². The van der Waals surface area contributed by atoms with Gasteiger partial charge in [-0.1, -0.05) is 42.8 Å². The van der Waals surface area contributed by atoms with Gasteiger partial charge >= 0.3 is 0 Å². The number of rotatable bonds is 4. The Morgan fingerprint density at radius 3 is 2.55 bits per heavy atom. The quantitative estimate of drug-likeness (QED) is 0.684. The second-order valence-electron chi connectivity index (χ2n) is 4.43. The van der Waals surface area contributed by atoms with E-state index in [1.54, 1.807) is 24.4 Å². The third-order valence-corrected chi connectivity index (χ3v) is 2.91. The molecule has 1 aromatic heterocycles. The average molecular weight is 267 g/mol. The van der Waals surface area contributed by atoms with Crippen molar-refractivity contribution >= 4 is 11.6 Å². The smallest absolute Gasteiger partial charge is 0.266 e. The molecule has 2 aromatic rings. The van der Waals surface area contributed by atoms with Gasteiger partial charge in [0.25, 0.3) is 5.91 Å². The van der Waals surface area contributed by atoms with Crippen molar-refractivity contribution in [3.8, 4) is 0 Å². The van der Waals surface area contributed by atoms with Gasteiger partial charge in [0.15, 0.2) is 0 Å². The Bertz CT molecular complexity index is 603. The molecule has 1 N–H and O–H groups in total. The minimum atomic E-state index is -0.302. The summed E-state index contributed by atoms with van der Waals surface area (Å²) in [5.74, 6) is -0.302. The molecule has 0 unspecified atom stereocenters. The molecular weight excluding hydrogens is 250 g/mol. The Labute approximate surface area is 118 Å². The largest absolute Gasteiger partial charge is 0.289 e. The summed E-state index contributed by atoms with van der Waals surface area (Å²) in [5, 5.41) is 4.20. The highest BCUT2D eigenvalue weighted by atomic mass is 16.2. The average Bonchev–Trinajstić information content (AvgIpc) is 2.50. The maximum atomic E-state index is 11.9. The van der Waals surface area contributed by atoms with Crippen LogP contribution >= 0.6 is 0 Å². The Morgan fingerprint density at radius 2 is 1.95 bits per heavy atom. The van der Waals surface area contributed by atoms with Gasteiger partial charge in [0, 0.05) is 6.20 Å². The van der Waals surface area contributed by atoms with Crippen LogP contribution in [0.4, 0.5) is 0 Å². The predicted octanol–water partition coefficient (Wildman–Crippen LogP) is 2.93. The molecule has 0 aliphatic carbocycles. The molecule has 4 heteroatoms. The Hall–Kier alpha value is -2.49. The van der Waals surface area contributed by atoms with Crippen molar-refractivity contribution < 1.29 is 4.79 Å². The molecule has 0 saturated heterocycles. The van der Waals surface area contributed by atoms with Crippen LogP contribution in [-0.4, -0.2) is 16.6 Å². The normalized spacial score (nSPS) is 11.2. The number of hydrazone groups is 1. The SMILES string of the molecule is CC/C(=N/NC(=O)c1ccccn1)c1ccc(C)cc1. The summed E-state index contributed by atoms with van der Waals surface area (Å²) in [7, 11) is 0. The van der Waals surface area contributed by atoms with E-state index in [0.29, 0.717) is 5.69 Å². The lowest BCUT2D eigenvalue weighted by Gasteiger charge is -2.05. The maximum Gasteiger partial charge on any atom is 0.289 e. The van der Waals surface area contributed by atoms with Crippen molar-refractivity contribution in [3.63, 3.8) is 0 Å². The Kier molecular flexibility index (Phi) is 4.60. The zero-order chi connectivity index (χ0) is 14.4. The Morgan fingerprint density at radius 1 is 1.20 bits per heavy atom. The molecule has 0 bridgehead atoms. The van der Waals surface area contributed by atoms with Gasteiger partial charge in [-0.25, -0.2) is 5.43 Å². The fourth-order valence-electron chi connectivity index (χ4n) is 1.77. The number of nitrogens with zero attached hydrogens (tertiary/aromatic N) is 2. The molecule has 0 saturated carbocycles. The van der Waals surface area contributed by atoms with Gasteiger partial charge in [-0.15, -0.1) is 0 Å². The summed E-state index contributed by atoms with van der Waals surface area (Å²) in [5.41, 5.74) is 5.96. The maximum absolute atomic E-state index is 11.9. The zero-order valence-electron chi connectivity index (χ0n) is 11.6. The first-order chi connectivity index (χ1) is 9.70. The third kappa shape index (κ3) is 3.51. The van der Waals surface area contributed by atoms with E-state index in [9.17, 15) is 4.79 Å². The number of carbonyl (C=O) groups excluding carboxylic acids is 1. The highest BCUT2D eigenvalue weighted by Crippen LogP contribution is 2.07. The van der Waals surface area contributed by atoms with Crippen molar-refractivity contribution in [2.45, 2.75) is 20.3 Å². The molecule has 20 heavy (non-hydrogen) atoms. The third-order valence-electron chi connectivity index (χ3n) is 2.91. The molecule has 2 rings (SSSR count). The number of hydrogen-bond acceptors (Lipinski definition) is 3. The highest BCUT2D eigenvalue weighted by Gasteiger charge is 2.06. The standard InChI is InChI=1S/C16H17N3O/c1-3-14(13-9-7-12(2)8-10-13)18-19-16(20)15-6-4-5-11-17-15/h4-11H,3H2,1-2H3,(H,19,20)/b18-14-. The molecule has 0 atom stereocenters. The minimum absolute atomic E-state index is 0.302. The molecule has 0 radical (unpaired) electrons. The van der Waals surface area contributed by atoms with Crippen molar-refractivity contribution in [2.75, 3.05) is 0 Å². The highest BCUT2D eigenvalue weighted by molar-refractivity contribution is 6.01. The molecule has 0 spiro atoms. The van der Waals surface area contributed by atoms with E-state index in [1.165, 1.54) is 5.56 Å². The molecule has 1 amide bonds. The predicted molar refractivity (Wildman–Crippen MR) is 79.7 cm³/mol. The fourth-order valence-corrected chi connectivity index (χ4v) is 1.77. The molecule has 0 aliphatic heterocycles. The van der Waals surface area contributed by atoms with Crippen LogP contribution in [0.15, 0.2) is 53.8 Å². The number of amides is 1. The number of aryl methyl sites for hydroxylation is 1. The van der Waals surface area contributed by atoms with Gasteiger partial charge < -0.3 is 0 Å². The number of carbonyl (C=O) groups is 1. The minimum Gasteiger partial charge on any atom is -0.266 e. The summed E-state index contributed by atoms with van der Waals surface area (Å²) in [6.45, 7) is 4.04. The van der Waals surface area contributed by atoms with Crippen LogP contribution in [0, 0.1) is 6.92 Å². The lowest BCUT2D eigenvalue weighted by Crippen LogP contribution is -2.20. The molecule has 1 aromatic carbocycles. The van der Waals surface area contributed by atoms with Crippen LogP contribution in [0.3, 0.4) is 0 Å². The molecular formula is C16H17N3O. The van der Waals surface area contributed by atoms with Crippen LogP contribution in [0.5, 0.6) is 0 Å². The number of pyridine rings is 1. The number of hydrogen-bond donors (Lipinski definition) is 1. The van der Waals surface area contributed by atoms with Crippen molar-refractivity contribution in [1.82, 2.24) is 10.4 Å². The summed E-state index contributed by atoms with van der Waals surface area (Å²) >= 11 is 0. The summed E-state index contributed by atoms with van der Waals surface area (Å²) in [4.78, 5) is 15.9. The summed E-state index contributed by atoms with van der Waals surface area (Å²) in [6, 6.07) is 13.3. The number of benzene rings is 1. The zero-order valence-corrected chi connectivity index (χ0v) is 11.6. The second kappa shape index (κ2) is 6.61. The van der Waals surface area contributed by atoms with E-state index < -0.39 is 0 Å². The van der Waals surface area contributed by atoms with Crippen LogP contribution in [0.1, 0.15) is 35.0 Å². The van der Waals surface area contributed by atoms with E-state index in [4.69, 9.17) is 0 Å². The molecule has 4 nitrogen and oxygen atoms in total.